The lowest BCUT2D eigenvalue weighted by atomic mass is 9.92. The molecule has 1 aliphatic rings. The molecule has 0 radical (unpaired) electrons. The smallest absolute Gasteiger partial charge is 0.229 e. The number of rotatable bonds is 6. The van der Waals surface area contributed by atoms with E-state index >= 15 is 0 Å². The lowest BCUT2D eigenvalue weighted by Gasteiger charge is -2.33. The van der Waals surface area contributed by atoms with Gasteiger partial charge in [0.2, 0.25) is 11.8 Å². The Balaban J connectivity index is 1.53. The van der Waals surface area contributed by atoms with Crippen LogP contribution in [0.1, 0.15) is 50.7 Å². The van der Waals surface area contributed by atoms with Gasteiger partial charge >= 0.3 is 0 Å². The molecular formula is C25H31ClN2O2. The Hall–Kier alpha value is -2.33. The lowest BCUT2D eigenvalue weighted by Crippen LogP contribution is -2.43. The highest BCUT2D eigenvalue weighted by Crippen LogP contribution is 2.26. The van der Waals surface area contributed by atoms with E-state index in [4.69, 9.17) is 11.6 Å². The van der Waals surface area contributed by atoms with Crippen LogP contribution < -0.4 is 5.32 Å². The molecule has 1 unspecified atom stereocenters. The molecule has 2 aromatic carbocycles. The van der Waals surface area contributed by atoms with Crippen LogP contribution in [0.4, 0.5) is 5.69 Å². The number of amides is 2. The van der Waals surface area contributed by atoms with Crippen LogP contribution in [0.3, 0.4) is 0 Å². The van der Waals surface area contributed by atoms with Crippen LogP contribution in [0.25, 0.3) is 0 Å². The van der Waals surface area contributed by atoms with Crippen LogP contribution >= 0.6 is 11.6 Å². The second-order valence-corrected chi connectivity index (χ2v) is 9.04. The summed E-state index contributed by atoms with van der Waals surface area (Å²) in [4.78, 5) is 27.5. The Morgan fingerprint density at radius 2 is 1.67 bits per heavy atom. The zero-order valence-corrected chi connectivity index (χ0v) is 18.8. The van der Waals surface area contributed by atoms with Crippen LogP contribution in [0.15, 0.2) is 48.5 Å². The number of likely N-dealkylation sites (tertiary alicyclic amines) is 1. The highest BCUT2D eigenvalue weighted by Gasteiger charge is 2.30. The van der Waals surface area contributed by atoms with Crippen molar-refractivity contribution in [1.29, 1.82) is 0 Å². The number of anilines is 1. The number of hydrogen-bond donors (Lipinski definition) is 1. The Bertz CT molecular complexity index is 871. The van der Waals surface area contributed by atoms with Gasteiger partial charge < -0.3 is 10.2 Å². The Morgan fingerprint density at radius 1 is 1.03 bits per heavy atom. The predicted octanol–water partition coefficient (Wildman–Crippen LogP) is 5.52. The van der Waals surface area contributed by atoms with Gasteiger partial charge in [0, 0.05) is 19.0 Å². The van der Waals surface area contributed by atoms with Gasteiger partial charge in [-0.25, -0.2) is 0 Å². The summed E-state index contributed by atoms with van der Waals surface area (Å²) in [6.45, 7) is 7.59. The minimum atomic E-state index is -0.174. The Labute approximate surface area is 184 Å². The van der Waals surface area contributed by atoms with Gasteiger partial charge in [0.15, 0.2) is 0 Å². The predicted molar refractivity (Wildman–Crippen MR) is 123 cm³/mol. The van der Waals surface area contributed by atoms with Gasteiger partial charge in [0.25, 0.3) is 0 Å². The normalized spacial score (nSPS) is 15.8. The van der Waals surface area contributed by atoms with Gasteiger partial charge in [-0.15, -0.1) is 0 Å². The fourth-order valence-corrected chi connectivity index (χ4v) is 4.17. The van der Waals surface area contributed by atoms with E-state index in [-0.39, 0.29) is 23.7 Å². The van der Waals surface area contributed by atoms with E-state index < -0.39 is 0 Å². The summed E-state index contributed by atoms with van der Waals surface area (Å²) in [5.74, 6) is 0.453. The SMILES string of the molecule is CC(C)Cc1ccc(C(C)C(=O)N2CCC(C(=O)Nc3ccccc3Cl)CC2)cc1. The first-order valence-corrected chi connectivity index (χ1v) is 11.2. The van der Waals surface area contributed by atoms with Gasteiger partial charge in [0.1, 0.15) is 0 Å². The summed E-state index contributed by atoms with van der Waals surface area (Å²) in [7, 11) is 0. The second-order valence-electron chi connectivity index (χ2n) is 8.63. The van der Waals surface area contributed by atoms with E-state index in [1.54, 1.807) is 12.1 Å². The van der Waals surface area contributed by atoms with Gasteiger partial charge in [-0.2, -0.15) is 0 Å². The van der Waals surface area contributed by atoms with Crippen molar-refractivity contribution >= 4 is 29.1 Å². The van der Waals surface area contributed by atoms with Crippen molar-refractivity contribution in [2.75, 3.05) is 18.4 Å². The molecule has 3 rings (SSSR count). The molecule has 1 N–H and O–H groups in total. The van der Waals surface area contributed by atoms with E-state index in [1.165, 1.54) is 5.56 Å². The molecule has 2 amide bonds. The molecule has 5 heteroatoms. The van der Waals surface area contributed by atoms with Crippen LogP contribution in [-0.2, 0) is 16.0 Å². The summed E-state index contributed by atoms with van der Waals surface area (Å²) in [5.41, 5.74) is 2.99. The molecule has 160 valence electrons. The third kappa shape index (κ3) is 5.63. The molecule has 0 bridgehead atoms. The number of para-hydroxylation sites is 1. The molecule has 0 saturated carbocycles. The van der Waals surface area contributed by atoms with Crippen molar-refractivity contribution in [3.8, 4) is 0 Å². The first kappa shape index (κ1) is 22.4. The van der Waals surface area contributed by atoms with Gasteiger partial charge in [-0.3, -0.25) is 9.59 Å². The number of nitrogens with one attached hydrogen (secondary N) is 1. The summed E-state index contributed by atoms with van der Waals surface area (Å²) < 4.78 is 0. The average molecular weight is 427 g/mol. The van der Waals surface area contributed by atoms with Crippen molar-refractivity contribution in [3.05, 3.63) is 64.7 Å². The zero-order chi connectivity index (χ0) is 21.7. The van der Waals surface area contributed by atoms with Crippen LogP contribution in [0.2, 0.25) is 5.02 Å². The number of halogens is 1. The first-order chi connectivity index (χ1) is 14.3. The van der Waals surface area contributed by atoms with E-state index in [2.05, 4.69) is 43.4 Å². The molecule has 0 spiro atoms. The third-order valence-electron chi connectivity index (χ3n) is 5.80. The maximum atomic E-state index is 13.0. The molecule has 1 aliphatic heterocycles. The molecule has 0 aromatic heterocycles. The fourth-order valence-electron chi connectivity index (χ4n) is 3.99. The van der Waals surface area contributed by atoms with Crippen molar-refractivity contribution in [2.45, 2.75) is 46.0 Å². The molecule has 1 fully saturated rings. The third-order valence-corrected chi connectivity index (χ3v) is 6.13. The van der Waals surface area contributed by atoms with E-state index in [0.29, 0.717) is 42.6 Å². The molecule has 0 aliphatic carbocycles. The number of benzene rings is 2. The van der Waals surface area contributed by atoms with Crippen LogP contribution in [0.5, 0.6) is 0 Å². The fraction of sp³-hybridized carbons (Fsp3) is 0.440. The van der Waals surface area contributed by atoms with Crippen LogP contribution in [0, 0.1) is 11.8 Å². The largest absolute Gasteiger partial charge is 0.342 e. The second kappa shape index (κ2) is 10.1. The quantitative estimate of drug-likeness (QED) is 0.661. The zero-order valence-electron chi connectivity index (χ0n) is 18.0. The Kier molecular flexibility index (Phi) is 7.54. The highest BCUT2D eigenvalue weighted by molar-refractivity contribution is 6.33. The minimum Gasteiger partial charge on any atom is -0.342 e. The van der Waals surface area contributed by atoms with Gasteiger partial charge in [0.05, 0.1) is 16.6 Å². The summed E-state index contributed by atoms with van der Waals surface area (Å²) in [6, 6.07) is 15.6. The van der Waals surface area contributed by atoms with Crippen molar-refractivity contribution in [2.24, 2.45) is 11.8 Å². The van der Waals surface area contributed by atoms with Crippen molar-refractivity contribution in [3.63, 3.8) is 0 Å². The number of piperidine rings is 1. The van der Waals surface area contributed by atoms with Crippen molar-refractivity contribution < 1.29 is 9.59 Å². The van der Waals surface area contributed by atoms with Crippen molar-refractivity contribution in [1.82, 2.24) is 4.90 Å². The summed E-state index contributed by atoms with van der Waals surface area (Å²) in [5, 5.41) is 3.45. The molecule has 30 heavy (non-hydrogen) atoms. The van der Waals surface area contributed by atoms with E-state index in [1.807, 2.05) is 24.0 Å². The van der Waals surface area contributed by atoms with E-state index in [9.17, 15) is 9.59 Å². The topological polar surface area (TPSA) is 49.4 Å². The molecule has 2 aromatic rings. The number of nitrogens with zero attached hydrogens (tertiary/aromatic N) is 1. The van der Waals surface area contributed by atoms with Gasteiger partial charge in [-0.05, 0) is 55.4 Å². The Morgan fingerprint density at radius 3 is 2.27 bits per heavy atom. The number of carbonyl (C=O) groups excluding carboxylic acids is 2. The maximum absolute atomic E-state index is 13.0. The minimum absolute atomic E-state index is 0.0241. The average Bonchev–Trinajstić information content (AvgIpc) is 2.74. The summed E-state index contributed by atoms with van der Waals surface area (Å²) in [6.07, 6.45) is 2.39. The molecule has 1 saturated heterocycles. The number of hydrogen-bond acceptors (Lipinski definition) is 2. The van der Waals surface area contributed by atoms with Gasteiger partial charge in [-0.1, -0.05) is 61.8 Å². The van der Waals surface area contributed by atoms with E-state index in [0.717, 1.165) is 12.0 Å². The monoisotopic (exact) mass is 426 g/mol. The lowest BCUT2D eigenvalue weighted by molar-refractivity contribution is -0.135. The van der Waals surface area contributed by atoms with Crippen LogP contribution in [-0.4, -0.2) is 29.8 Å². The molecular weight excluding hydrogens is 396 g/mol. The number of carbonyl (C=O) groups is 2. The molecule has 1 atom stereocenters. The maximum Gasteiger partial charge on any atom is 0.229 e. The molecule has 1 heterocycles. The standard InChI is InChI=1S/C25H31ClN2O2/c1-17(2)16-19-8-10-20(11-9-19)18(3)25(30)28-14-12-21(13-15-28)24(29)27-23-7-5-4-6-22(23)26/h4-11,17-18,21H,12-16H2,1-3H3,(H,27,29). The summed E-state index contributed by atoms with van der Waals surface area (Å²) >= 11 is 6.13. The highest BCUT2D eigenvalue weighted by atomic mass is 35.5. The first-order valence-electron chi connectivity index (χ1n) is 10.8. The molecule has 4 nitrogen and oxygen atoms in total.